The minimum atomic E-state index is -1.14. The maximum Gasteiger partial charge on any atom is 0.273 e. The Kier molecular flexibility index (Phi) is 6.19. The summed E-state index contributed by atoms with van der Waals surface area (Å²) in [7, 11) is 0. The number of amides is 3. The van der Waals surface area contributed by atoms with E-state index >= 15 is 0 Å². The van der Waals surface area contributed by atoms with E-state index in [1.807, 2.05) is 45.0 Å². The zero-order chi connectivity index (χ0) is 27.2. The highest BCUT2D eigenvalue weighted by Gasteiger charge is 2.39. The standard InChI is InChI=1S/C26H26N6O5S/c1-26(2,3)30-24(34)21(15-11-29-16-7-5-4-6-14(15)16)32(13-8-9-17-18(10-13)37-12-36-17)25(35)22-19(27)20(23(28)33)31-38-22/h4-11,21,29H,12,27H2,1-3H3,(H2,28,33)(H,30,34). The molecule has 1 aliphatic heterocycles. The van der Waals surface area contributed by atoms with E-state index in [4.69, 9.17) is 20.9 Å². The zero-order valence-corrected chi connectivity index (χ0v) is 21.7. The number of aromatic amines is 1. The number of hydrogen-bond donors (Lipinski definition) is 4. The van der Waals surface area contributed by atoms with Gasteiger partial charge >= 0.3 is 0 Å². The first kappa shape index (κ1) is 25.1. The molecule has 3 amide bonds. The van der Waals surface area contributed by atoms with Crippen LogP contribution in [-0.4, -0.2) is 39.4 Å². The number of carbonyl (C=O) groups excluding carboxylic acids is 3. The Labute approximate surface area is 221 Å². The average molecular weight is 535 g/mol. The first-order valence-electron chi connectivity index (χ1n) is 11.7. The molecule has 1 unspecified atom stereocenters. The van der Waals surface area contributed by atoms with Crippen LogP contribution >= 0.6 is 11.5 Å². The number of fused-ring (bicyclic) bond motifs is 2. The monoisotopic (exact) mass is 534 g/mol. The molecule has 2 aromatic carbocycles. The summed E-state index contributed by atoms with van der Waals surface area (Å²) in [6.45, 7) is 5.59. The van der Waals surface area contributed by atoms with E-state index in [9.17, 15) is 14.4 Å². The van der Waals surface area contributed by atoms with Crippen molar-refractivity contribution in [3.05, 3.63) is 64.8 Å². The van der Waals surface area contributed by atoms with Gasteiger partial charge in [0, 0.05) is 40.0 Å². The Balaban J connectivity index is 1.73. The molecule has 0 spiro atoms. The van der Waals surface area contributed by atoms with Gasteiger partial charge in [-0.05, 0) is 50.5 Å². The molecular weight excluding hydrogens is 508 g/mol. The predicted molar refractivity (Wildman–Crippen MR) is 143 cm³/mol. The number of H-pyrrole nitrogens is 1. The first-order chi connectivity index (χ1) is 18.0. The summed E-state index contributed by atoms with van der Waals surface area (Å²) >= 11 is 0.742. The third-order valence-corrected chi connectivity index (χ3v) is 6.78. The smallest absolute Gasteiger partial charge is 0.273 e. The van der Waals surface area contributed by atoms with Gasteiger partial charge in [0.05, 0.1) is 5.69 Å². The summed E-state index contributed by atoms with van der Waals surface area (Å²) in [6.07, 6.45) is 1.70. The lowest BCUT2D eigenvalue weighted by Crippen LogP contribution is -2.49. The number of aromatic nitrogens is 2. The van der Waals surface area contributed by atoms with Crippen LogP contribution in [0.3, 0.4) is 0 Å². The van der Waals surface area contributed by atoms with Crippen LogP contribution in [0, 0.1) is 0 Å². The van der Waals surface area contributed by atoms with Crippen LogP contribution in [0.15, 0.2) is 48.7 Å². The number of benzene rings is 2. The van der Waals surface area contributed by atoms with Gasteiger partial charge in [-0.3, -0.25) is 19.3 Å². The van der Waals surface area contributed by atoms with Gasteiger partial charge in [-0.1, -0.05) is 18.2 Å². The van der Waals surface area contributed by atoms with Gasteiger partial charge in [-0.2, -0.15) is 4.37 Å². The van der Waals surface area contributed by atoms with E-state index in [1.54, 1.807) is 24.4 Å². The number of para-hydroxylation sites is 1. The van der Waals surface area contributed by atoms with E-state index in [0.29, 0.717) is 22.7 Å². The van der Waals surface area contributed by atoms with Gasteiger partial charge in [0.1, 0.15) is 10.9 Å². The van der Waals surface area contributed by atoms with Gasteiger partial charge < -0.3 is 31.2 Å². The minimum Gasteiger partial charge on any atom is -0.454 e. The number of hydrogen-bond acceptors (Lipinski definition) is 8. The third kappa shape index (κ3) is 4.50. The number of nitrogen functional groups attached to an aromatic ring is 1. The van der Waals surface area contributed by atoms with Crippen LogP contribution in [0.5, 0.6) is 11.5 Å². The normalized spacial score (nSPS) is 13.3. The molecular formula is C26H26N6O5S. The lowest BCUT2D eigenvalue weighted by atomic mass is 9.99. The number of nitrogens with two attached hydrogens (primary N) is 2. The third-order valence-electron chi connectivity index (χ3n) is 5.93. The van der Waals surface area contributed by atoms with Crippen molar-refractivity contribution in [1.82, 2.24) is 14.7 Å². The summed E-state index contributed by atoms with van der Waals surface area (Å²) in [5.41, 5.74) is 12.3. The molecule has 2 aromatic heterocycles. The quantitative estimate of drug-likeness (QED) is 0.294. The molecule has 0 bridgehead atoms. The van der Waals surface area contributed by atoms with Crippen LogP contribution in [0.4, 0.5) is 11.4 Å². The molecule has 0 radical (unpaired) electrons. The van der Waals surface area contributed by atoms with Gasteiger partial charge in [0.15, 0.2) is 17.2 Å². The first-order valence-corrected chi connectivity index (χ1v) is 12.5. The highest BCUT2D eigenvalue weighted by Crippen LogP contribution is 2.41. The fraction of sp³-hybridized carbons (Fsp3) is 0.231. The molecule has 0 aliphatic carbocycles. The molecule has 1 atom stereocenters. The fourth-order valence-corrected chi connectivity index (χ4v) is 5.06. The van der Waals surface area contributed by atoms with E-state index < -0.39 is 29.3 Å². The van der Waals surface area contributed by atoms with Crippen LogP contribution in [0.1, 0.15) is 52.5 Å². The van der Waals surface area contributed by atoms with Crippen molar-refractivity contribution in [2.75, 3.05) is 17.4 Å². The molecule has 3 heterocycles. The average Bonchev–Trinajstić information content (AvgIpc) is 3.58. The van der Waals surface area contributed by atoms with Gasteiger partial charge in [-0.15, -0.1) is 0 Å². The van der Waals surface area contributed by atoms with Crippen molar-refractivity contribution >= 4 is 51.5 Å². The number of primary amides is 1. The van der Waals surface area contributed by atoms with Crippen LogP contribution in [-0.2, 0) is 4.79 Å². The minimum absolute atomic E-state index is 0.0233. The second-order valence-electron chi connectivity index (χ2n) is 9.78. The molecule has 196 valence electrons. The second-order valence-corrected chi connectivity index (χ2v) is 10.6. The Morgan fingerprint density at radius 1 is 1.13 bits per heavy atom. The summed E-state index contributed by atoms with van der Waals surface area (Å²) < 4.78 is 15.0. The highest BCUT2D eigenvalue weighted by atomic mass is 32.1. The maximum absolute atomic E-state index is 14.2. The number of anilines is 2. The summed E-state index contributed by atoms with van der Waals surface area (Å²) in [4.78, 5) is 44.5. The molecule has 4 aromatic rings. The number of ether oxygens (including phenoxy) is 2. The second kappa shape index (κ2) is 9.38. The number of carbonyl (C=O) groups is 3. The molecule has 0 fully saturated rings. The number of nitrogens with zero attached hydrogens (tertiary/aromatic N) is 2. The number of rotatable bonds is 6. The van der Waals surface area contributed by atoms with Crippen molar-refractivity contribution in [3.8, 4) is 11.5 Å². The van der Waals surface area contributed by atoms with Crippen LogP contribution in [0.2, 0.25) is 0 Å². The lowest BCUT2D eigenvalue weighted by Gasteiger charge is -2.33. The topological polar surface area (TPSA) is 166 Å². The molecule has 5 rings (SSSR count). The molecule has 38 heavy (non-hydrogen) atoms. The fourth-order valence-electron chi connectivity index (χ4n) is 4.31. The predicted octanol–water partition coefficient (Wildman–Crippen LogP) is 3.34. The van der Waals surface area contributed by atoms with E-state index in [-0.39, 0.29) is 23.1 Å². The lowest BCUT2D eigenvalue weighted by molar-refractivity contribution is -0.123. The van der Waals surface area contributed by atoms with Gasteiger partial charge in [0.2, 0.25) is 12.7 Å². The van der Waals surface area contributed by atoms with Crippen molar-refractivity contribution in [2.45, 2.75) is 32.4 Å². The summed E-state index contributed by atoms with van der Waals surface area (Å²) in [6, 6.07) is 11.3. The summed E-state index contributed by atoms with van der Waals surface area (Å²) in [5, 5.41) is 3.76. The van der Waals surface area contributed by atoms with Gasteiger partial charge in [0.25, 0.3) is 11.8 Å². The van der Waals surface area contributed by atoms with Crippen molar-refractivity contribution in [1.29, 1.82) is 0 Å². The van der Waals surface area contributed by atoms with Crippen molar-refractivity contribution < 1.29 is 23.9 Å². The Hall–Kier alpha value is -4.58. The summed E-state index contributed by atoms with van der Waals surface area (Å²) in [5.74, 6) is -0.982. The Morgan fingerprint density at radius 2 is 1.87 bits per heavy atom. The molecule has 0 saturated heterocycles. The highest BCUT2D eigenvalue weighted by molar-refractivity contribution is 7.09. The van der Waals surface area contributed by atoms with E-state index in [2.05, 4.69) is 14.7 Å². The molecule has 6 N–H and O–H groups in total. The Morgan fingerprint density at radius 3 is 2.58 bits per heavy atom. The molecule has 11 nitrogen and oxygen atoms in total. The van der Waals surface area contributed by atoms with Gasteiger partial charge in [-0.25, -0.2) is 0 Å². The van der Waals surface area contributed by atoms with Crippen LogP contribution in [0.25, 0.3) is 10.9 Å². The molecule has 0 saturated carbocycles. The molecule has 12 heteroatoms. The SMILES string of the molecule is CC(C)(C)NC(=O)C(c1c[nH]c2ccccc12)N(C(=O)c1snc(C(N)=O)c1N)c1ccc2c(c1)OCO2. The van der Waals surface area contributed by atoms with Crippen molar-refractivity contribution in [3.63, 3.8) is 0 Å². The largest absolute Gasteiger partial charge is 0.454 e. The molecule has 1 aliphatic rings. The zero-order valence-electron chi connectivity index (χ0n) is 20.9. The Bertz CT molecular complexity index is 1570. The maximum atomic E-state index is 14.2. The van der Waals surface area contributed by atoms with E-state index in [0.717, 1.165) is 22.4 Å². The number of nitrogens with one attached hydrogen (secondary N) is 2. The van der Waals surface area contributed by atoms with Crippen LogP contribution < -0.4 is 31.2 Å². The van der Waals surface area contributed by atoms with E-state index in [1.165, 1.54) is 4.90 Å². The van der Waals surface area contributed by atoms with Crippen molar-refractivity contribution in [2.24, 2.45) is 5.73 Å².